The Morgan fingerprint density at radius 3 is 2.25 bits per heavy atom. The largest absolute Gasteiger partial charge is 0.319 e. The Hall–Kier alpha value is -0.230. The molecule has 0 heterocycles. The van der Waals surface area contributed by atoms with Crippen molar-refractivity contribution in [3.63, 3.8) is 0 Å². The minimum atomic E-state index is -1.50. The quantitative estimate of drug-likeness (QED) is 0.475. The summed E-state index contributed by atoms with van der Waals surface area (Å²) in [6, 6.07) is 0.835. The van der Waals surface area contributed by atoms with E-state index in [-0.39, 0.29) is 10.2 Å². The van der Waals surface area contributed by atoms with E-state index >= 15 is 0 Å². The van der Waals surface area contributed by atoms with Gasteiger partial charge >= 0.3 is 0 Å². The fourth-order valence-electron chi connectivity index (χ4n) is 0.653. The number of anilines is 1. The van der Waals surface area contributed by atoms with Crippen molar-refractivity contribution >= 4 is 37.8 Å². The molecule has 0 aliphatic heterocycles. The van der Waals surface area contributed by atoms with Crippen molar-refractivity contribution in [2.24, 2.45) is 0 Å². The van der Waals surface area contributed by atoms with E-state index in [0.29, 0.717) is 0 Å². The zero-order valence-corrected chi connectivity index (χ0v) is 8.64. The van der Waals surface area contributed by atoms with Crippen LogP contribution in [0.3, 0.4) is 0 Å². The van der Waals surface area contributed by atoms with Crippen molar-refractivity contribution in [3.8, 4) is 0 Å². The Morgan fingerprint density at radius 1 is 1.17 bits per heavy atom. The molecule has 6 heteroatoms. The molecular formula is C6H2Br2F3N. The molecule has 12 heavy (non-hydrogen) atoms. The topological polar surface area (TPSA) is 12.0 Å². The van der Waals surface area contributed by atoms with Gasteiger partial charge in [0.05, 0.1) is 5.69 Å². The number of benzene rings is 1. The van der Waals surface area contributed by atoms with Gasteiger partial charge in [0.25, 0.3) is 0 Å². The summed E-state index contributed by atoms with van der Waals surface area (Å²) in [6.07, 6.45) is 0. The molecule has 0 unspecified atom stereocenters. The number of rotatable bonds is 1. The van der Waals surface area contributed by atoms with Crippen LogP contribution in [0.15, 0.2) is 10.5 Å². The van der Waals surface area contributed by atoms with Gasteiger partial charge in [0, 0.05) is 20.6 Å². The van der Waals surface area contributed by atoms with Gasteiger partial charge in [-0.3, -0.25) is 0 Å². The lowest BCUT2D eigenvalue weighted by Crippen LogP contribution is -1.96. The molecule has 0 amide bonds. The Morgan fingerprint density at radius 2 is 1.75 bits per heavy atom. The first-order chi connectivity index (χ1) is 5.57. The Kier molecular flexibility index (Phi) is 3.00. The Labute approximate surface area is 83.4 Å². The van der Waals surface area contributed by atoms with Crippen LogP contribution in [0.5, 0.6) is 0 Å². The molecule has 0 saturated carbocycles. The molecule has 0 aliphatic rings. The van der Waals surface area contributed by atoms with E-state index in [2.05, 4.69) is 36.4 Å². The predicted octanol–water partition coefficient (Wildman–Crippen LogP) is 3.59. The molecule has 0 spiro atoms. The standard InChI is InChI=1S/C6H2Br2F3N/c7-2-1-3(9)4(10)5(11)6(2)12-8/h1,12H. The van der Waals surface area contributed by atoms with Crippen molar-refractivity contribution < 1.29 is 13.2 Å². The molecule has 1 aromatic carbocycles. The summed E-state index contributed by atoms with van der Waals surface area (Å²) in [5, 5.41) is 0. The van der Waals surface area contributed by atoms with Crippen LogP contribution in [0.2, 0.25) is 0 Å². The highest BCUT2D eigenvalue weighted by Crippen LogP contribution is 2.29. The van der Waals surface area contributed by atoms with Gasteiger partial charge in [-0.25, -0.2) is 13.2 Å². The van der Waals surface area contributed by atoms with Gasteiger partial charge in [0.2, 0.25) is 0 Å². The van der Waals surface area contributed by atoms with Crippen LogP contribution in [-0.2, 0) is 0 Å². The summed E-state index contributed by atoms with van der Waals surface area (Å²) < 4.78 is 40.1. The first kappa shape index (κ1) is 9.85. The van der Waals surface area contributed by atoms with E-state index in [0.717, 1.165) is 6.07 Å². The SMILES string of the molecule is Fc1cc(Br)c(NBr)c(F)c1F. The van der Waals surface area contributed by atoms with Crippen LogP contribution in [0.25, 0.3) is 0 Å². The molecule has 0 saturated heterocycles. The molecular weight excluding hydrogens is 303 g/mol. The summed E-state index contributed by atoms with van der Waals surface area (Å²) in [7, 11) is 0. The maximum absolute atomic E-state index is 12.8. The third kappa shape index (κ3) is 1.59. The maximum Gasteiger partial charge on any atom is 0.196 e. The first-order valence-corrected chi connectivity index (χ1v) is 4.36. The summed E-state index contributed by atoms with van der Waals surface area (Å²) in [5.41, 5.74) is -0.172. The van der Waals surface area contributed by atoms with Crippen LogP contribution < -0.4 is 4.34 Å². The minimum absolute atomic E-state index is 0.107. The summed E-state index contributed by atoms with van der Waals surface area (Å²) >= 11 is 5.56. The summed E-state index contributed by atoms with van der Waals surface area (Å²) in [4.78, 5) is 0. The van der Waals surface area contributed by atoms with Crippen LogP contribution in [0.4, 0.5) is 18.9 Å². The molecule has 1 nitrogen and oxygen atoms in total. The molecule has 0 fully saturated rings. The van der Waals surface area contributed by atoms with Crippen LogP contribution in [-0.4, -0.2) is 0 Å². The van der Waals surface area contributed by atoms with E-state index in [9.17, 15) is 13.2 Å². The van der Waals surface area contributed by atoms with E-state index in [1.807, 2.05) is 0 Å². The molecule has 1 rings (SSSR count). The van der Waals surface area contributed by atoms with Crippen LogP contribution >= 0.6 is 32.1 Å². The number of hydrogen-bond donors (Lipinski definition) is 1. The molecule has 0 bridgehead atoms. The average Bonchev–Trinajstić information content (AvgIpc) is 2.01. The lowest BCUT2D eigenvalue weighted by atomic mass is 10.3. The third-order valence-corrected chi connectivity index (χ3v) is 2.23. The lowest BCUT2D eigenvalue weighted by Gasteiger charge is -2.04. The van der Waals surface area contributed by atoms with E-state index in [1.165, 1.54) is 0 Å². The maximum atomic E-state index is 12.8. The van der Waals surface area contributed by atoms with E-state index in [4.69, 9.17) is 0 Å². The lowest BCUT2D eigenvalue weighted by molar-refractivity contribution is 0.449. The smallest absolute Gasteiger partial charge is 0.196 e. The number of hydrogen-bond acceptors (Lipinski definition) is 1. The van der Waals surface area contributed by atoms with Crippen LogP contribution in [0.1, 0.15) is 0 Å². The van der Waals surface area contributed by atoms with Crippen molar-refractivity contribution in [1.82, 2.24) is 0 Å². The van der Waals surface area contributed by atoms with Gasteiger partial charge < -0.3 is 4.34 Å². The van der Waals surface area contributed by atoms with Crippen molar-refractivity contribution in [1.29, 1.82) is 0 Å². The normalized spacial score (nSPS) is 10.1. The second-order valence-electron chi connectivity index (χ2n) is 1.94. The van der Waals surface area contributed by atoms with Gasteiger partial charge in [-0.1, -0.05) is 0 Å². The summed E-state index contributed by atoms with van der Waals surface area (Å²) in [6.45, 7) is 0. The zero-order valence-electron chi connectivity index (χ0n) is 5.47. The Bertz CT molecular complexity index is 316. The highest BCUT2D eigenvalue weighted by Gasteiger charge is 2.16. The van der Waals surface area contributed by atoms with Gasteiger partial charge in [0.1, 0.15) is 0 Å². The summed E-state index contributed by atoms with van der Waals surface area (Å²) in [5.74, 6) is -4.00. The van der Waals surface area contributed by atoms with Gasteiger partial charge in [0.15, 0.2) is 17.5 Å². The van der Waals surface area contributed by atoms with Gasteiger partial charge in [-0.05, 0) is 22.0 Å². The average molecular weight is 305 g/mol. The number of halogens is 5. The van der Waals surface area contributed by atoms with E-state index in [1.54, 1.807) is 0 Å². The third-order valence-electron chi connectivity index (χ3n) is 1.21. The molecule has 0 atom stereocenters. The number of nitrogens with one attached hydrogen (secondary N) is 1. The second-order valence-corrected chi connectivity index (χ2v) is 3.19. The molecule has 66 valence electrons. The molecule has 1 aromatic rings. The minimum Gasteiger partial charge on any atom is -0.319 e. The van der Waals surface area contributed by atoms with Crippen LogP contribution in [0, 0.1) is 17.5 Å². The second kappa shape index (κ2) is 3.66. The fraction of sp³-hybridized carbons (Fsp3) is 0. The van der Waals surface area contributed by atoms with Crippen molar-refractivity contribution in [3.05, 3.63) is 28.0 Å². The zero-order chi connectivity index (χ0) is 9.30. The van der Waals surface area contributed by atoms with E-state index < -0.39 is 17.5 Å². The fourth-order valence-corrected chi connectivity index (χ4v) is 1.78. The molecule has 0 aromatic heterocycles. The molecule has 0 radical (unpaired) electrons. The molecule has 0 aliphatic carbocycles. The molecule has 1 N–H and O–H groups in total. The first-order valence-electron chi connectivity index (χ1n) is 2.77. The van der Waals surface area contributed by atoms with Gasteiger partial charge in [-0.15, -0.1) is 0 Å². The van der Waals surface area contributed by atoms with Crippen molar-refractivity contribution in [2.45, 2.75) is 0 Å². The van der Waals surface area contributed by atoms with Gasteiger partial charge in [-0.2, -0.15) is 0 Å². The predicted molar refractivity (Wildman–Crippen MR) is 46.6 cm³/mol. The van der Waals surface area contributed by atoms with Crippen molar-refractivity contribution in [2.75, 3.05) is 4.34 Å². The monoisotopic (exact) mass is 303 g/mol. The highest BCUT2D eigenvalue weighted by molar-refractivity contribution is 9.11. The highest BCUT2D eigenvalue weighted by atomic mass is 79.9. The Balaban J connectivity index is 3.40.